The normalized spacial score (nSPS) is 48.9. The van der Waals surface area contributed by atoms with E-state index in [4.69, 9.17) is 19.9 Å². The quantitative estimate of drug-likeness (QED) is 0.521. The lowest BCUT2D eigenvalue weighted by Crippen LogP contribution is -2.55. The van der Waals surface area contributed by atoms with Crippen LogP contribution in [0.1, 0.15) is 13.8 Å². The van der Waals surface area contributed by atoms with Crippen molar-refractivity contribution in [2.24, 2.45) is 5.73 Å². The van der Waals surface area contributed by atoms with Gasteiger partial charge in [0.05, 0.1) is 12.6 Å². The fourth-order valence-electron chi connectivity index (χ4n) is 1.67. The molecule has 5 nitrogen and oxygen atoms in total. The zero-order valence-electron chi connectivity index (χ0n) is 7.77. The van der Waals surface area contributed by atoms with Crippen LogP contribution >= 0.6 is 0 Å². The first-order valence-electron chi connectivity index (χ1n) is 4.40. The van der Waals surface area contributed by atoms with E-state index in [1.165, 1.54) is 0 Å². The Morgan fingerprint density at radius 2 is 2.08 bits per heavy atom. The smallest absolute Gasteiger partial charge is 0.189 e. The molecular weight excluding hydrogens is 174 g/mol. The maximum Gasteiger partial charge on any atom is 0.189 e. The number of aliphatic hydroxyl groups excluding tert-OH is 1. The molecule has 0 aliphatic carbocycles. The lowest BCUT2D eigenvalue weighted by atomic mass is 10.0. The Labute approximate surface area is 76.8 Å². The van der Waals surface area contributed by atoms with Crippen molar-refractivity contribution in [3.05, 3.63) is 0 Å². The third-order valence-electron chi connectivity index (χ3n) is 2.32. The molecule has 2 rings (SSSR count). The van der Waals surface area contributed by atoms with Crippen LogP contribution in [0, 0.1) is 0 Å². The number of hydrogen-bond donors (Lipinski definition) is 2. The first-order chi connectivity index (χ1) is 5.99. The highest BCUT2D eigenvalue weighted by Gasteiger charge is 2.49. The number of hydrogen-bond acceptors (Lipinski definition) is 5. The maximum atomic E-state index is 9.67. The largest absolute Gasteiger partial charge is 0.388 e. The second kappa shape index (κ2) is 2.90. The monoisotopic (exact) mass is 189 g/mol. The molecule has 0 amide bonds. The zero-order chi connectivity index (χ0) is 9.64. The van der Waals surface area contributed by atoms with Crippen molar-refractivity contribution in [2.45, 2.75) is 44.2 Å². The van der Waals surface area contributed by atoms with Crippen molar-refractivity contribution in [1.82, 2.24) is 0 Å². The summed E-state index contributed by atoms with van der Waals surface area (Å²) in [4.78, 5) is 0. The van der Waals surface area contributed by atoms with E-state index < -0.39 is 30.3 Å². The number of ether oxygens (including phenoxy) is 3. The molecule has 0 aromatic carbocycles. The van der Waals surface area contributed by atoms with Crippen LogP contribution in [0.4, 0.5) is 0 Å². The van der Waals surface area contributed by atoms with Crippen molar-refractivity contribution in [2.75, 3.05) is 6.61 Å². The summed E-state index contributed by atoms with van der Waals surface area (Å²) >= 11 is 0. The molecule has 0 radical (unpaired) electrons. The predicted molar refractivity (Wildman–Crippen MR) is 43.8 cm³/mol. The molecule has 5 heteroatoms. The average Bonchev–Trinajstić information content (AvgIpc) is 2.34. The van der Waals surface area contributed by atoms with Gasteiger partial charge in [0.1, 0.15) is 12.2 Å². The van der Waals surface area contributed by atoms with Crippen molar-refractivity contribution >= 4 is 0 Å². The van der Waals surface area contributed by atoms with Crippen LogP contribution in [-0.2, 0) is 14.2 Å². The topological polar surface area (TPSA) is 73.9 Å². The fourth-order valence-corrected chi connectivity index (χ4v) is 1.67. The highest BCUT2D eigenvalue weighted by Crippen LogP contribution is 2.33. The van der Waals surface area contributed by atoms with E-state index in [1.54, 1.807) is 13.8 Å². The van der Waals surface area contributed by atoms with E-state index in [1.807, 2.05) is 0 Å². The molecule has 2 heterocycles. The van der Waals surface area contributed by atoms with E-state index in [0.29, 0.717) is 6.61 Å². The minimum absolute atomic E-state index is 0.307. The first-order valence-corrected chi connectivity index (χ1v) is 4.40. The summed E-state index contributed by atoms with van der Waals surface area (Å²) in [5.41, 5.74) is 5.61. The Morgan fingerprint density at radius 3 is 2.77 bits per heavy atom. The SMILES string of the molecule is CC1(C)OC2OCC(N)C(O)C2O1. The van der Waals surface area contributed by atoms with Gasteiger partial charge in [-0.3, -0.25) is 0 Å². The van der Waals surface area contributed by atoms with Crippen LogP contribution in [0.3, 0.4) is 0 Å². The van der Waals surface area contributed by atoms with Gasteiger partial charge in [-0.1, -0.05) is 0 Å². The summed E-state index contributed by atoms with van der Waals surface area (Å²) in [6, 6.07) is -0.390. The Morgan fingerprint density at radius 1 is 1.38 bits per heavy atom. The second-order valence-corrected chi connectivity index (χ2v) is 3.96. The molecule has 2 aliphatic heterocycles. The third kappa shape index (κ3) is 1.58. The molecule has 76 valence electrons. The van der Waals surface area contributed by atoms with E-state index >= 15 is 0 Å². The lowest BCUT2D eigenvalue weighted by Gasteiger charge is -2.32. The van der Waals surface area contributed by atoms with Gasteiger partial charge in [0, 0.05) is 0 Å². The molecule has 0 aromatic heterocycles. The van der Waals surface area contributed by atoms with Gasteiger partial charge >= 0.3 is 0 Å². The third-order valence-corrected chi connectivity index (χ3v) is 2.32. The summed E-state index contributed by atoms with van der Waals surface area (Å²) in [5.74, 6) is -0.694. The summed E-state index contributed by atoms with van der Waals surface area (Å²) in [6.45, 7) is 3.88. The zero-order valence-corrected chi connectivity index (χ0v) is 7.77. The molecule has 13 heavy (non-hydrogen) atoms. The van der Waals surface area contributed by atoms with Crippen LogP contribution < -0.4 is 5.73 Å². The van der Waals surface area contributed by atoms with Crippen molar-refractivity contribution < 1.29 is 19.3 Å². The van der Waals surface area contributed by atoms with E-state index in [2.05, 4.69) is 0 Å². The Balaban J connectivity index is 2.11. The minimum Gasteiger partial charge on any atom is -0.388 e. The van der Waals surface area contributed by atoms with E-state index in [-0.39, 0.29) is 0 Å². The molecule has 3 N–H and O–H groups in total. The van der Waals surface area contributed by atoms with Crippen LogP contribution in [0.15, 0.2) is 0 Å². The first kappa shape index (κ1) is 9.36. The molecule has 0 aromatic rings. The van der Waals surface area contributed by atoms with Gasteiger partial charge in [0.2, 0.25) is 0 Å². The van der Waals surface area contributed by atoms with Gasteiger partial charge in [0.15, 0.2) is 12.1 Å². The Hall–Kier alpha value is -0.200. The number of aliphatic hydroxyl groups is 1. The highest BCUT2D eigenvalue weighted by molar-refractivity contribution is 4.91. The van der Waals surface area contributed by atoms with Gasteiger partial charge in [-0.05, 0) is 13.8 Å². The molecule has 0 saturated carbocycles. The summed E-state index contributed by atoms with van der Waals surface area (Å²) in [7, 11) is 0. The highest BCUT2D eigenvalue weighted by atomic mass is 16.8. The lowest BCUT2D eigenvalue weighted by molar-refractivity contribution is -0.197. The molecule has 2 fully saturated rings. The van der Waals surface area contributed by atoms with Crippen molar-refractivity contribution in [1.29, 1.82) is 0 Å². The molecule has 2 saturated heterocycles. The van der Waals surface area contributed by atoms with Gasteiger partial charge in [-0.2, -0.15) is 0 Å². The number of rotatable bonds is 0. The maximum absolute atomic E-state index is 9.67. The van der Waals surface area contributed by atoms with E-state index in [0.717, 1.165) is 0 Å². The predicted octanol–water partition coefficient (Wildman–Crippen LogP) is -0.818. The van der Waals surface area contributed by atoms with Crippen LogP contribution in [-0.4, -0.2) is 42.0 Å². The summed E-state index contributed by atoms with van der Waals surface area (Å²) in [5, 5.41) is 9.67. The Bertz CT molecular complexity index is 208. The summed E-state index contributed by atoms with van der Waals surface area (Å²) < 4.78 is 16.2. The van der Waals surface area contributed by atoms with Gasteiger partial charge in [0.25, 0.3) is 0 Å². The molecule has 0 spiro atoms. The van der Waals surface area contributed by atoms with Crippen molar-refractivity contribution in [3.8, 4) is 0 Å². The molecule has 4 atom stereocenters. The van der Waals surface area contributed by atoms with Gasteiger partial charge < -0.3 is 25.1 Å². The Kier molecular flexibility index (Phi) is 2.08. The van der Waals surface area contributed by atoms with E-state index in [9.17, 15) is 5.11 Å². The van der Waals surface area contributed by atoms with Gasteiger partial charge in [-0.25, -0.2) is 0 Å². The molecular formula is C8H15NO4. The average molecular weight is 189 g/mol. The molecule has 2 aliphatic rings. The van der Waals surface area contributed by atoms with Gasteiger partial charge in [-0.15, -0.1) is 0 Å². The standard InChI is InChI=1S/C8H15NO4/c1-8(2)12-6-5(10)4(9)3-11-7(6)13-8/h4-7,10H,3,9H2,1-2H3. The van der Waals surface area contributed by atoms with Crippen molar-refractivity contribution in [3.63, 3.8) is 0 Å². The minimum atomic E-state index is -0.708. The number of fused-ring (bicyclic) bond motifs is 1. The van der Waals surface area contributed by atoms with Crippen LogP contribution in [0.2, 0.25) is 0 Å². The fraction of sp³-hybridized carbons (Fsp3) is 1.00. The van der Waals surface area contributed by atoms with Crippen LogP contribution in [0.25, 0.3) is 0 Å². The van der Waals surface area contributed by atoms with Crippen LogP contribution in [0.5, 0.6) is 0 Å². The molecule has 4 unspecified atom stereocenters. The number of nitrogens with two attached hydrogens (primary N) is 1. The molecule has 0 bridgehead atoms. The summed E-state index contributed by atoms with van der Waals surface area (Å²) in [6.07, 6.45) is -1.65. The second-order valence-electron chi connectivity index (χ2n) is 3.96.